The van der Waals surface area contributed by atoms with Crippen LogP contribution in [0.25, 0.3) is 22.5 Å². The van der Waals surface area contributed by atoms with Gasteiger partial charge in [0.25, 0.3) is 0 Å². The maximum absolute atomic E-state index is 12.5. The van der Waals surface area contributed by atoms with Gasteiger partial charge in [-0.1, -0.05) is 18.2 Å². The summed E-state index contributed by atoms with van der Waals surface area (Å²) in [6.07, 6.45) is 7.30. The third-order valence-corrected chi connectivity index (χ3v) is 6.70. The minimum Gasteiger partial charge on any atom is -0.390 e. The number of hydrogen-bond acceptors (Lipinski definition) is 6. The molecule has 0 spiro atoms. The lowest BCUT2D eigenvalue weighted by Gasteiger charge is -2.33. The number of hydrogen-bond donors (Lipinski definition) is 2. The number of para-hydroxylation sites is 1. The molecule has 3 aromatic heterocycles. The van der Waals surface area contributed by atoms with E-state index < -0.39 is 5.60 Å². The van der Waals surface area contributed by atoms with E-state index in [1.54, 1.807) is 24.6 Å². The van der Waals surface area contributed by atoms with Crippen LogP contribution >= 0.6 is 0 Å². The molecular formula is C26H31N7O2. The lowest BCUT2D eigenvalue weighted by atomic mass is 9.90. The van der Waals surface area contributed by atoms with Crippen molar-refractivity contribution in [2.75, 3.05) is 18.8 Å². The molecule has 3 N–H and O–H groups in total. The lowest BCUT2D eigenvalue weighted by molar-refractivity contribution is -0.136. The Kier molecular flexibility index (Phi) is 5.80. The Morgan fingerprint density at radius 3 is 2.54 bits per heavy atom. The monoisotopic (exact) mass is 473 g/mol. The first-order chi connectivity index (χ1) is 16.7. The van der Waals surface area contributed by atoms with E-state index in [2.05, 4.69) is 10.2 Å². The van der Waals surface area contributed by atoms with Crippen molar-refractivity contribution in [1.82, 2.24) is 29.3 Å². The van der Waals surface area contributed by atoms with Crippen LogP contribution in [-0.4, -0.2) is 59.0 Å². The van der Waals surface area contributed by atoms with Gasteiger partial charge in [0.2, 0.25) is 5.91 Å². The van der Waals surface area contributed by atoms with E-state index in [0.717, 1.165) is 40.9 Å². The normalized spacial score (nSPS) is 15.1. The first kappa shape index (κ1) is 23.0. The molecular weight excluding hydrogens is 442 g/mol. The van der Waals surface area contributed by atoms with Crippen LogP contribution in [0, 0.1) is 6.92 Å². The summed E-state index contributed by atoms with van der Waals surface area (Å²) in [6, 6.07) is 9.94. The molecule has 0 aliphatic carbocycles. The summed E-state index contributed by atoms with van der Waals surface area (Å²) in [6.45, 7) is 6.59. The molecule has 9 heteroatoms. The number of piperidine rings is 1. The number of amides is 1. The van der Waals surface area contributed by atoms with Crippen LogP contribution in [0.15, 0.2) is 48.9 Å². The van der Waals surface area contributed by atoms with Crippen LogP contribution in [0.3, 0.4) is 0 Å². The molecule has 1 amide bonds. The van der Waals surface area contributed by atoms with Crippen molar-refractivity contribution in [2.45, 2.75) is 51.6 Å². The molecule has 1 aliphatic heterocycles. The van der Waals surface area contributed by atoms with Crippen LogP contribution in [-0.2, 0) is 4.79 Å². The molecule has 0 unspecified atom stereocenters. The van der Waals surface area contributed by atoms with E-state index in [9.17, 15) is 9.90 Å². The number of benzene rings is 1. The fourth-order valence-corrected chi connectivity index (χ4v) is 4.78. The number of carbonyl (C=O) groups is 1. The van der Waals surface area contributed by atoms with Gasteiger partial charge in [-0.05, 0) is 45.7 Å². The van der Waals surface area contributed by atoms with Gasteiger partial charge in [0.15, 0.2) is 5.65 Å². The van der Waals surface area contributed by atoms with Gasteiger partial charge in [0.1, 0.15) is 5.82 Å². The van der Waals surface area contributed by atoms with E-state index in [1.807, 2.05) is 59.2 Å². The van der Waals surface area contributed by atoms with Crippen molar-refractivity contribution in [3.05, 3.63) is 60.2 Å². The van der Waals surface area contributed by atoms with Crippen LogP contribution in [0.5, 0.6) is 0 Å². The number of nitrogen functional groups attached to an aromatic ring is 1. The predicted molar refractivity (Wildman–Crippen MR) is 134 cm³/mol. The third-order valence-electron chi connectivity index (χ3n) is 6.70. The van der Waals surface area contributed by atoms with Gasteiger partial charge in [0, 0.05) is 41.9 Å². The SMILES string of the molecule is Cc1c(C2CCN(C(=O)CC(C)(C)O)CC2)nc2c(-c3cnn(-c4ccccc4)c3)cnn2c1N. The standard InChI is InChI=1S/C26H31N7O2/c1-17-23(18-9-11-31(12-10-18)22(34)13-26(2,3)35)30-25-21(15-29-33(25)24(17)27)19-14-28-32(16-19)20-7-5-4-6-8-20/h4-8,14-16,18,35H,9-13,27H2,1-3H3. The van der Waals surface area contributed by atoms with Crippen molar-refractivity contribution in [3.63, 3.8) is 0 Å². The van der Waals surface area contributed by atoms with Gasteiger partial charge in [0.05, 0.1) is 35.8 Å². The van der Waals surface area contributed by atoms with E-state index in [-0.39, 0.29) is 18.2 Å². The molecule has 1 aromatic carbocycles. The number of carbonyl (C=O) groups excluding carboxylic acids is 1. The Morgan fingerprint density at radius 2 is 1.86 bits per heavy atom. The summed E-state index contributed by atoms with van der Waals surface area (Å²) in [7, 11) is 0. The minimum atomic E-state index is -1.00. The highest BCUT2D eigenvalue weighted by molar-refractivity contribution is 5.78. The van der Waals surface area contributed by atoms with Crippen molar-refractivity contribution in [2.24, 2.45) is 0 Å². The summed E-state index contributed by atoms with van der Waals surface area (Å²) in [5.41, 5.74) is 10.9. The summed E-state index contributed by atoms with van der Waals surface area (Å²) < 4.78 is 3.52. The van der Waals surface area contributed by atoms with Crippen molar-refractivity contribution in [1.29, 1.82) is 0 Å². The fraction of sp³-hybridized carbons (Fsp3) is 0.385. The zero-order chi connectivity index (χ0) is 24.7. The highest BCUT2D eigenvalue weighted by atomic mass is 16.3. The van der Waals surface area contributed by atoms with Gasteiger partial charge in [-0.2, -0.15) is 14.7 Å². The topological polar surface area (TPSA) is 115 Å². The largest absolute Gasteiger partial charge is 0.390 e. The molecule has 4 heterocycles. The van der Waals surface area contributed by atoms with Crippen molar-refractivity contribution < 1.29 is 9.90 Å². The number of likely N-dealkylation sites (tertiary alicyclic amines) is 1. The number of rotatable bonds is 5. The summed E-state index contributed by atoms with van der Waals surface area (Å²) >= 11 is 0. The Balaban J connectivity index is 1.42. The van der Waals surface area contributed by atoms with Crippen LogP contribution in [0.2, 0.25) is 0 Å². The molecule has 1 saturated heterocycles. The Morgan fingerprint density at radius 1 is 1.14 bits per heavy atom. The van der Waals surface area contributed by atoms with Gasteiger partial charge in [-0.3, -0.25) is 4.79 Å². The Labute approximate surface area is 204 Å². The second kappa shape index (κ2) is 8.81. The van der Waals surface area contributed by atoms with Gasteiger partial charge >= 0.3 is 0 Å². The average Bonchev–Trinajstić information content (AvgIpc) is 3.48. The molecule has 1 aliphatic rings. The molecule has 0 atom stereocenters. The zero-order valence-electron chi connectivity index (χ0n) is 20.3. The highest BCUT2D eigenvalue weighted by Crippen LogP contribution is 2.34. The van der Waals surface area contributed by atoms with Gasteiger partial charge in [-0.15, -0.1) is 0 Å². The smallest absolute Gasteiger partial charge is 0.225 e. The number of nitrogens with zero attached hydrogens (tertiary/aromatic N) is 6. The lowest BCUT2D eigenvalue weighted by Crippen LogP contribution is -2.41. The molecule has 182 valence electrons. The number of nitrogens with two attached hydrogens (primary N) is 1. The van der Waals surface area contributed by atoms with Crippen LogP contribution in [0.4, 0.5) is 5.82 Å². The van der Waals surface area contributed by atoms with Crippen molar-refractivity contribution >= 4 is 17.4 Å². The quantitative estimate of drug-likeness (QED) is 0.459. The second-order valence-electron chi connectivity index (χ2n) is 9.95. The van der Waals surface area contributed by atoms with Gasteiger partial charge in [-0.25, -0.2) is 9.67 Å². The van der Waals surface area contributed by atoms with Gasteiger partial charge < -0.3 is 15.7 Å². The number of fused-ring (bicyclic) bond motifs is 1. The summed E-state index contributed by atoms with van der Waals surface area (Å²) in [4.78, 5) is 19.4. The van der Waals surface area contributed by atoms with E-state index in [4.69, 9.17) is 10.7 Å². The fourth-order valence-electron chi connectivity index (χ4n) is 4.78. The molecule has 5 rings (SSSR count). The molecule has 1 fully saturated rings. The second-order valence-corrected chi connectivity index (χ2v) is 9.95. The highest BCUT2D eigenvalue weighted by Gasteiger charge is 2.29. The molecule has 9 nitrogen and oxygen atoms in total. The molecule has 0 bridgehead atoms. The number of anilines is 1. The molecule has 35 heavy (non-hydrogen) atoms. The third kappa shape index (κ3) is 4.51. The van der Waals surface area contributed by atoms with E-state index in [0.29, 0.717) is 24.6 Å². The summed E-state index contributed by atoms with van der Waals surface area (Å²) in [5, 5.41) is 19.0. The average molecular weight is 474 g/mol. The zero-order valence-corrected chi connectivity index (χ0v) is 20.3. The molecule has 0 saturated carbocycles. The number of aliphatic hydroxyl groups is 1. The van der Waals surface area contributed by atoms with Crippen molar-refractivity contribution in [3.8, 4) is 16.8 Å². The maximum Gasteiger partial charge on any atom is 0.225 e. The minimum absolute atomic E-state index is 0.0101. The van der Waals surface area contributed by atoms with E-state index >= 15 is 0 Å². The predicted octanol–water partition coefficient (Wildman–Crippen LogP) is 3.34. The Bertz CT molecular complexity index is 1360. The first-order valence-corrected chi connectivity index (χ1v) is 12.0. The van der Waals surface area contributed by atoms with E-state index in [1.165, 1.54) is 0 Å². The van der Waals surface area contributed by atoms with Crippen LogP contribution < -0.4 is 5.73 Å². The maximum atomic E-state index is 12.5. The molecule has 4 aromatic rings. The summed E-state index contributed by atoms with van der Waals surface area (Å²) in [5.74, 6) is 0.764. The molecule has 0 radical (unpaired) electrons. The Hall–Kier alpha value is -3.72. The first-order valence-electron chi connectivity index (χ1n) is 12.0. The number of aromatic nitrogens is 5. The van der Waals surface area contributed by atoms with Crippen LogP contribution in [0.1, 0.15) is 50.3 Å².